The largest absolute Gasteiger partial charge is 0.479 e. The van der Waals surface area contributed by atoms with Crippen LogP contribution in [-0.2, 0) is 0 Å². The minimum atomic E-state index is -3.21. The Morgan fingerprint density at radius 3 is 2.85 bits per heavy atom. The van der Waals surface area contributed by atoms with Crippen LogP contribution in [0, 0.1) is 6.92 Å². The van der Waals surface area contributed by atoms with Crippen LogP contribution in [0.2, 0.25) is 0 Å². The molecule has 0 radical (unpaired) electrons. The van der Waals surface area contributed by atoms with Gasteiger partial charge in [0.25, 0.3) is 0 Å². The highest BCUT2D eigenvalue weighted by Crippen LogP contribution is 2.36. The van der Waals surface area contributed by atoms with Gasteiger partial charge in [0.05, 0.1) is 0 Å². The standard InChI is InChI=1S/C9H8F2O2/c1-6-2-3-7-8(4-6)13-9(10,11)5-12-7/h2-4H,5H2,1H3. The van der Waals surface area contributed by atoms with E-state index in [4.69, 9.17) is 4.74 Å². The lowest BCUT2D eigenvalue weighted by molar-refractivity contribution is -0.208. The van der Waals surface area contributed by atoms with Crippen LogP contribution in [0.15, 0.2) is 18.2 Å². The molecule has 1 aliphatic rings. The number of hydrogen-bond acceptors (Lipinski definition) is 2. The molecule has 70 valence electrons. The van der Waals surface area contributed by atoms with Crippen molar-refractivity contribution < 1.29 is 18.3 Å². The maximum Gasteiger partial charge on any atom is 0.433 e. The van der Waals surface area contributed by atoms with Crippen molar-refractivity contribution in [2.24, 2.45) is 0 Å². The van der Waals surface area contributed by atoms with Crippen LogP contribution in [0.4, 0.5) is 8.78 Å². The third kappa shape index (κ3) is 1.56. The number of fused-ring (bicyclic) bond motifs is 1. The van der Waals surface area contributed by atoms with E-state index in [-0.39, 0.29) is 5.75 Å². The molecule has 0 N–H and O–H groups in total. The van der Waals surface area contributed by atoms with Crippen molar-refractivity contribution in [3.63, 3.8) is 0 Å². The zero-order valence-electron chi connectivity index (χ0n) is 7.01. The molecule has 0 aliphatic carbocycles. The predicted octanol–water partition coefficient (Wildman–Crippen LogP) is 2.36. The highest BCUT2D eigenvalue weighted by atomic mass is 19.3. The van der Waals surface area contributed by atoms with Crippen LogP contribution in [0.1, 0.15) is 5.56 Å². The van der Waals surface area contributed by atoms with E-state index >= 15 is 0 Å². The van der Waals surface area contributed by atoms with E-state index in [0.29, 0.717) is 5.75 Å². The zero-order valence-corrected chi connectivity index (χ0v) is 7.01. The molecule has 2 rings (SSSR count). The Morgan fingerprint density at radius 1 is 1.31 bits per heavy atom. The molecule has 0 atom stereocenters. The lowest BCUT2D eigenvalue weighted by atomic mass is 10.2. The first kappa shape index (κ1) is 8.29. The zero-order chi connectivity index (χ0) is 9.47. The van der Waals surface area contributed by atoms with Gasteiger partial charge in [-0.3, -0.25) is 0 Å². The average Bonchev–Trinajstić information content (AvgIpc) is 2.01. The van der Waals surface area contributed by atoms with E-state index < -0.39 is 12.7 Å². The summed E-state index contributed by atoms with van der Waals surface area (Å²) in [7, 11) is 0. The molecule has 0 fully saturated rings. The van der Waals surface area contributed by atoms with Gasteiger partial charge in [-0.25, -0.2) is 0 Å². The van der Waals surface area contributed by atoms with Gasteiger partial charge in [-0.05, 0) is 24.6 Å². The Labute approximate surface area is 74.1 Å². The van der Waals surface area contributed by atoms with Crippen molar-refractivity contribution >= 4 is 0 Å². The minimum absolute atomic E-state index is 0.108. The molecule has 0 saturated heterocycles. The Hall–Kier alpha value is -1.32. The molecular weight excluding hydrogens is 178 g/mol. The summed E-state index contributed by atoms with van der Waals surface area (Å²) in [6.45, 7) is 1.08. The summed E-state index contributed by atoms with van der Waals surface area (Å²) >= 11 is 0. The topological polar surface area (TPSA) is 18.5 Å². The summed E-state index contributed by atoms with van der Waals surface area (Å²) in [5.41, 5.74) is 0.861. The van der Waals surface area contributed by atoms with Gasteiger partial charge in [0.1, 0.15) is 0 Å². The van der Waals surface area contributed by atoms with Gasteiger partial charge in [-0.1, -0.05) is 6.07 Å². The summed E-state index contributed by atoms with van der Waals surface area (Å²) in [6.07, 6.45) is -3.21. The summed E-state index contributed by atoms with van der Waals surface area (Å²) < 4.78 is 34.6. The average molecular weight is 186 g/mol. The SMILES string of the molecule is Cc1ccc2c(c1)OC(F)(F)CO2. The second kappa shape index (κ2) is 2.58. The molecule has 0 aromatic heterocycles. The first-order chi connectivity index (χ1) is 6.07. The van der Waals surface area contributed by atoms with E-state index in [0.717, 1.165) is 5.56 Å². The Bertz CT molecular complexity index is 336. The third-order valence-corrected chi connectivity index (χ3v) is 1.75. The van der Waals surface area contributed by atoms with Gasteiger partial charge in [-0.2, -0.15) is 8.78 Å². The van der Waals surface area contributed by atoms with Gasteiger partial charge in [0.2, 0.25) is 0 Å². The van der Waals surface area contributed by atoms with E-state index in [9.17, 15) is 8.78 Å². The van der Waals surface area contributed by atoms with Crippen LogP contribution in [-0.4, -0.2) is 12.7 Å². The normalized spacial score (nSPS) is 18.4. The van der Waals surface area contributed by atoms with Crippen molar-refractivity contribution in [3.05, 3.63) is 23.8 Å². The van der Waals surface area contributed by atoms with E-state index in [1.54, 1.807) is 19.1 Å². The van der Waals surface area contributed by atoms with Gasteiger partial charge >= 0.3 is 6.11 Å². The molecule has 2 nitrogen and oxygen atoms in total. The summed E-state index contributed by atoms with van der Waals surface area (Å²) in [5.74, 6) is 0.479. The number of halogens is 2. The Balaban J connectivity index is 2.38. The van der Waals surface area contributed by atoms with Crippen molar-refractivity contribution in [1.29, 1.82) is 0 Å². The second-order valence-electron chi connectivity index (χ2n) is 2.98. The number of hydrogen-bond donors (Lipinski definition) is 0. The van der Waals surface area contributed by atoms with Crippen molar-refractivity contribution in [2.75, 3.05) is 6.61 Å². The minimum Gasteiger partial charge on any atom is -0.479 e. The molecule has 0 unspecified atom stereocenters. The molecule has 13 heavy (non-hydrogen) atoms. The van der Waals surface area contributed by atoms with E-state index in [1.165, 1.54) is 6.07 Å². The van der Waals surface area contributed by atoms with Gasteiger partial charge in [-0.15, -0.1) is 0 Å². The van der Waals surface area contributed by atoms with Crippen LogP contribution in [0.25, 0.3) is 0 Å². The molecule has 0 amide bonds. The fraction of sp³-hybridized carbons (Fsp3) is 0.333. The number of ether oxygens (including phenoxy) is 2. The highest BCUT2D eigenvalue weighted by Gasteiger charge is 2.37. The van der Waals surface area contributed by atoms with Gasteiger partial charge in [0, 0.05) is 0 Å². The summed E-state index contributed by atoms with van der Waals surface area (Å²) in [5, 5.41) is 0. The maximum absolute atomic E-state index is 12.7. The first-order valence-corrected chi connectivity index (χ1v) is 3.87. The molecular formula is C9H8F2O2. The van der Waals surface area contributed by atoms with E-state index in [2.05, 4.69) is 4.74 Å². The monoisotopic (exact) mass is 186 g/mol. The van der Waals surface area contributed by atoms with Crippen molar-refractivity contribution in [1.82, 2.24) is 0 Å². The highest BCUT2D eigenvalue weighted by molar-refractivity contribution is 5.43. The summed E-state index contributed by atoms with van der Waals surface area (Å²) in [4.78, 5) is 0. The first-order valence-electron chi connectivity index (χ1n) is 3.87. The molecule has 0 spiro atoms. The fourth-order valence-electron chi connectivity index (χ4n) is 1.17. The Morgan fingerprint density at radius 2 is 2.08 bits per heavy atom. The van der Waals surface area contributed by atoms with Crippen LogP contribution < -0.4 is 9.47 Å². The Kier molecular flexibility index (Phi) is 1.65. The molecule has 0 saturated carbocycles. The lowest BCUT2D eigenvalue weighted by Gasteiger charge is -2.25. The lowest BCUT2D eigenvalue weighted by Crippen LogP contribution is -2.35. The fourth-order valence-corrected chi connectivity index (χ4v) is 1.17. The van der Waals surface area contributed by atoms with Crippen molar-refractivity contribution in [2.45, 2.75) is 13.0 Å². The number of alkyl halides is 2. The van der Waals surface area contributed by atoms with Crippen LogP contribution >= 0.6 is 0 Å². The van der Waals surface area contributed by atoms with Crippen LogP contribution in [0.3, 0.4) is 0 Å². The van der Waals surface area contributed by atoms with E-state index in [1.807, 2.05) is 0 Å². The predicted molar refractivity (Wildman–Crippen MR) is 42.2 cm³/mol. The molecule has 1 heterocycles. The quantitative estimate of drug-likeness (QED) is 0.619. The van der Waals surface area contributed by atoms with Gasteiger partial charge in [0.15, 0.2) is 18.1 Å². The summed E-state index contributed by atoms with van der Waals surface area (Å²) in [6, 6.07) is 4.94. The number of aryl methyl sites for hydroxylation is 1. The molecule has 0 bridgehead atoms. The van der Waals surface area contributed by atoms with Gasteiger partial charge < -0.3 is 9.47 Å². The molecule has 1 aromatic carbocycles. The van der Waals surface area contributed by atoms with Crippen LogP contribution in [0.5, 0.6) is 11.5 Å². The number of rotatable bonds is 0. The maximum atomic E-state index is 12.7. The van der Waals surface area contributed by atoms with Crippen molar-refractivity contribution in [3.8, 4) is 11.5 Å². The molecule has 4 heteroatoms. The molecule has 1 aliphatic heterocycles. The number of benzene rings is 1. The smallest absolute Gasteiger partial charge is 0.433 e. The third-order valence-electron chi connectivity index (χ3n) is 1.75. The second-order valence-corrected chi connectivity index (χ2v) is 2.98. The molecule has 1 aromatic rings.